The summed E-state index contributed by atoms with van der Waals surface area (Å²) < 4.78 is 17.9. The van der Waals surface area contributed by atoms with Crippen LogP contribution in [0.5, 0.6) is 0 Å². The molecule has 24 heavy (non-hydrogen) atoms. The van der Waals surface area contributed by atoms with Crippen LogP contribution in [0.4, 0.5) is 0 Å². The minimum atomic E-state index is -0.395. The summed E-state index contributed by atoms with van der Waals surface area (Å²) in [6.45, 7) is 2.82. The van der Waals surface area contributed by atoms with Gasteiger partial charge in [-0.15, -0.1) is 0 Å². The van der Waals surface area contributed by atoms with E-state index in [-0.39, 0.29) is 0 Å². The first-order valence-corrected chi connectivity index (χ1v) is 7.85. The first kappa shape index (κ1) is 16.5. The van der Waals surface area contributed by atoms with E-state index in [9.17, 15) is 4.79 Å². The third-order valence-electron chi connectivity index (χ3n) is 3.76. The van der Waals surface area contributed by atoms with Gasteiger partial charge in [-0.3, -0.25) is 9.47 Å². The van der Waals surface area contributed by atoms with Gasteiger partial charge in [0.05, 0.1) is 25.8 Å². The summed E-state index contributed by atoms with van der Waals surface area (Å²) in [6.07, 6.45) is 0. The molecule has 126 valence electrons. The van der Waals surface area contributed by atoms with Crippen molar-refractivity contribution >= 4 is 29.3 Å². The molecule has 7 heteroatoms. The van der Waals surface area contributed by atoms with Gasteiger partial charge in [0.15, 0.2) is 5.58 Å². The predicted molar refractivity (Wildman–Crippen MR) is 91.3 cm³/mol. The predicted octanol–water partition coefficient (Wildman–Crippen LogP) is 3.74. The number of rotatable bonds is 5. The molecular formula is C17H18N2O4S. The number of hydrogen-bond donors (Lipinski definition) is 0. The molecule has 2 heterocycles. The van der Waals surface area contributed by atoms with Crippen molar-refractivity contribution in [2.75, 3.05) is 14.2 Å². The highest BCUT2D eigenvalue weighted by molar-refractivity contribution is 7.71. The van der Waals surface area contributed by atoms with Crippen molar-refractivity contribution in [1.82, 2.24) is 9.47 Å². The molecule has 1 aromatic carbocycles. The second kappa shape index (κ2) is 6.62. The quantitative estimate of drug-likeness (QED) is 0.518. The zero-order valence-corrected chi connectivity index (χ0v) is 14.6. The summed E-state index contributed by atoms with van der Waals surface area (Å²) >= 11 is 5.30. The van der Waals surface area contributed by atoms with Crippen LogP contribution < -0.4 is 0 Å². The molecule has 0 atom stereocenters. The third kappa shape index (κ3) is 3.13. The second-order valence-corrected chi connectivity index (χ2v) is 5.94. The number of benzene rings is 1. The fraction of sp³-hybridized carbons (Fsp3) is 0.294. The van der Waals surface area contributed by atoms with Crippen LogP contribution in [0.1, 0.15) is 21.9 Å². The topological polar surface area (TPSA) is 60.8 Å². The lowest BCUT2D eigenvalue weighted by Gasteiger charge is -2.15. The SMILES string of the molecule is COC(=O)c1cc(CN(C)Cn2c(=S)oc3ccccc32)oc1C. The van der Waals surface area contributed by atoms with Gasteiger partial charge in [0.25, 0.3) is 4.84 Å². The number of ether oxygens (including phenoxy) is 1. The van der Waals surface area contributed by atoms with Crippen molar-refractivity contribution < 1.29 is 18.4 Å². The number of hydrogen-bond acceptors (Lipinski definition) is 6. The van der Waals surface area contributed by atoms with Gasteiger partial charge in [0.1, 0.15) is 17.1 Å². The summed E-state index contributed by atoms with van der Waals surface area (Å²) in [6, 6.07) is 9.43. The average Bonchev–Trinajstić information content (AvgIpc) is 3.07. The fourth-order valence-electron chi connectivity index (χ4n) is 2.64. The first-order valence-electron chi connectivity index (χ1n) is 7.44. The van der Waals surface area contributed by atoms with Crippen molar-refractivity contribution in [2.45, 2.75) is 20.1 Å². The second-order valence-electron chi connectivity index (χ2n) is 5.59. The van der Waals surface area contributed by atoms with Gasteiger partial charge >= 0.3 is 5.97 Å². The number of aromatic nitrogens is 1. The van der Waals surface area contributed by atoms with Gasteiger partial charge in [-0.1, -0.05) is 12.1 Å². The maximum atomic E-state index is 11.7. The molecule has 0 N–H and O–H groups in total. The van der Waals surface area contributed by atoms with Gasteiger partial charge in [-0.2, -0.15) is 0 Å². The summed E-state index contributed by atoms with van der Waals surface area (Å²) in [5.41, 5.74) is 2.16. The number of para-hydroxylation sites is 2. The van der Waals surface area contributed by atoms with Crippen LogP contribution in [0, 0.1) is 11.8 Å². The molecule has 3 rings (SSSR count). The first-order chi connectivity index (χ1) is 11.5. The number of carbonyl (C=O) groups is 1. The minimum absolute atomic E-state index is 0.395. The molecule has 3 aromatic rings. The molecule has 0 spiro atoms. The van der Waals surface area contributed by atoms with Gasteiger partial charge in [0.2, 0.25) is 0 Å². The number of carbonyl (C=O) groups excluding carboxylic acids is 1. The van der Waals surface area contributed by atoms with Crippen molar-refractivity contribution in [1.29, 1.82) is 0 Å². The Morgan fingerprint density at radius 3 is 2.83 bits per heavy atom. The largest absolute Gasteiger partial charge is 0.465 e. The number of fused-ring (bicyclic) bond motifs is 1. The highest BCUT2D eigenvalue weighted by atomic mass is 32.1. The van der Waals surface area contributed by atoms with Crippen LogP contribution in [0.3, 0.4) is 0 Å². The minimum Gasteiger partial charge on any atom is -0.465 e. The zero-order valence-electron chi connectivity index (χ0n) is 13.7. The molecule has 0 saturated heterocycles. The third-order valence-corrected chi connectivity index (χ3v) is 4.06. The molecule has 2 aromatic heterocycles. The van der Waals surface area contributed by atoms with E-state index in [1.54, 1.807) is 13.0 Å². The van der Waals surface area contributed by atoms with E-state index in [0.29, 0.717) is 35.1 Å². The van der Waals surface area contributed by atoms with Crippen LogP contribution in [-0.2, 0) is 18.0 Å². The Morgan fingerprint density at radius 1 is 1.33 bits per heavy atom. The molecule has 0 aliphatic carbocycles. The van der Waals surface area contributed by atoms with Crippen LogP contribution in [-0.4, -0.2) is 29.6 Å². The van der Waals surface area contributed by atoms with E-state index in [1.807, 2.05) is 40.8 Å². The van der Waals surface area contributed by atoms with E-state index in [1.165, 1.54) is 7.11 Å². The fourth-order valence-corrected chi connectivity index (χ4v) is 2.89. The zero-order chi connectivity index (χ0) is 17.3. The Bertz CT molecular complexity index is 938. The smallest absolute Gasteiger partial charge is 0.341 e. The van der Waals surface area contributed by atoms with Crippen molar-refractivity contribution in [2.24, 2.45) is 0 Å². The summed E-state index contributed by atoms with van der Waals surface area (Å²) in [5, 5.41) is 0. The van der Waals surface area contributed by atoms with Crippen molar-refractivity contribution in [3.8, 4) is 0 Å². The van der Waals surface area contributed by atoms with Gasteiger partial charge in [-0.05, 0) is 44.4 Å². The highest BCUT2D eigenvalue weighted by Gasteiger charge is 2.17. The normalized spacial score (nSPS) is 11.3. The van der Waals surface area contributed by atoms with Gasteiger partial charge < -0.3 is 13.6 Å². The lowest BCUT2D eigenvalue weighted by Crippen LogP contribution is -2.21. The van der Waals surface area contributed by atoms with Crippen LogP contribution in [0.25, 0.3) is 11.1 Å². The van der Waals surface area contributed by atoms with Gasteiger partial charge in [0, 0.05) is 0 Å². The number of esters is 1. The summed E-state index contributed by atoms with van der Waals surface area (Å²) in [7, 11) is 3.30. The molecule has 0 unspecified atom stereocenters. The Balaban J connectivity index is 1.78. The molecule has 6 nitrogen and oxygen atoms in total. The number of oxazole rings is 1. The highest BCUT2D eigenvalue weighted by Crippen LogP contribution is 2.20. The number of methoxy groups -OCH3 is 1. The molecule has 0 aliphatic rings. The van der Waals surface area contributed by atoms with Crippen LogP contribution in [0.2, 0.25) is 0 Å². The maximum Gasteiger partial charge on any atom is 0.341 e. The average molecular weight is 346 g/mol. The lowest BCUT2D eigenvalue weighted by molar-refractivity contribution is 0.0599. The molecule has 0 bridgehead atoms. The van der Waals surface area contributed by atoms with E-state index in [2.05, 4.69) is 0 Å². The Morgan fingerprint density at radius 2 is 2.08 bits per heavy atom. The number of furan rings is 1. The van der Waals surface area contributed by atoms with E-state index in [0.717, 1.165) is 11.1 Å². The molecule has 0 amide bonds. The van der Waals surface area contributed by atoms with Crippen molar-refractivity contribution in [3.05, 3.63) is 52.3 Å². The van der Waals surface area contributed by atoms with Crippen molar-refractivity contribution in [3.63, 3.8) is 0 Å². The van der Waals surface area contributed by atoms with Crippen LogP contribution >= 0.6 is 12.2 Å². The Labute approximate surface area is 144 Å². The standard InChI is InChI=1S/C17H18N2O4S/c1-11-13(16(20)21-3)8-12(22-11)9-18(2)10-19-14-6-4-5-7-15(14)23-17(19)24/h4-8H,9-10H2,1-3H3. The summed E-state index contributed by atoms with van der Waals surface area (Å²) in [5.74, 6) is 0.846. The van der Waals surface area contributed by atoms with E-state index >= 15 is 0 Å². The van der Waals surface area contributed by atoms with Gasteiger partial charge in [-0.25, -0.2) is 4.79 Å². The molecule has 0 fully saturated rings. The lowest BCUT2D eigenvalue weighted by atomic mass is 10.2. The molecule has 0 aliphatic heterocycles. The molecule has 0 radical (unpaired) electrons. The Kier molecular flexibility index (Phi) is 4.55. The molecular weight excluding hydrogens is 328 g/mol. The van der Waals surface area contributed by atoms with E-state index in [4.69, 9.17) is 25.8 Å². The number of aryl methyl sites for hydroxylation is 1. The van der Waals surface area contributed by atoms with E-state index < -0.39 is 5.97 Å². The number of nitrogens with zero attached hydrogens (tertiary/aromatic N) is 2. The van der Waals surface area contributed by atoms with Crippen LogP contribution in [0.15, 0.2) is 39.2 Å². The molecule has 0 saturated carbocycles. The monoisotopic (exact) mass is 346 g/mol. The summed E-state index contributed by atoms with van der Waals surface area (Å²) in [4.78, 5) is 14.1. The maximum absolute atomic E-state index is 11.7. The Hall–Kier alpha value is -2.38.